The minimum Gasteiger partial charge on any atom is -0.370 e. The number of anilines is 1. The number of hydrogen-bond donors (Lipinski definition) is 2. The van der Waals surface area contributed by atoms with E-state index in [-0.39, 0.29) is 5.60 Å². The third-order valence-electron chi connectivity index (χ3n) is 4.91. The van der Waals surface area contributed by atoms with Crippen LogP contribution in [0.5, 0.6) is 0 Å². The van der Waals surface area contributed by atoms with Crippen LogP contribution in [0.15, 0.2) is 0 Å². The van der Waals surface area contributed by atoms with Gasteiger partial charge in [-0.3, -0.25) is 0 Å². The molecule has 1 aliphatic rings. The molecule has 0 saturated heterocycles. The third kappa shape index (κ3) is 3.04. The first-order chi connectivity index (χ1) is 9.87. The highest BCUT2D eigenvalue weighted by Gasteiger charge is 2.42. The van der Waals surface area contributed by atoms with Gasteiger partial charge in [0.15, 0.2) is 5.82 Å². The fourth-order valence-corrected chi connectivity index (χ4v) is 3.19. The molecular formula is C16H28N4O. The minimum absolute atomic E-state index is 0.370. The Morgan fingerprint density at radius 3 is 2.29 bits per heavy atom. The SMILES string of the molecule is CCc1c(C)nc(C2(OC)CCC(C)(C)CC2)nc1NN. The van der Waals surface area contributed by atoms with Gasteiger partial charge in [-0.25, -0.2) is 15.8 Å². The van der Waals surface area contributed by atoms with Crippen molar-refractivity contribution in [2.45, 2.75) is 65.4 Å². The van der Waals surface area contributed by atoms with Crippen molar-refractivity contribution in [3.05, 3.63) is 17.1 Å². The quantitative estimate of drug-likeness (QED) is 0.659. The maximum absolute atomic E-state index is 5.89. The van der Waals surface area contributed by atoms with E-state index in [4.69, 9.17) is 15.6 Å². The first-order valence-electron chi connectivity index (χ1n) is 7.77. The lowest BCUT2D eigenvalue weighted by atomic mass is 9.70. The number of nitrogens with zero attached hydrogens (tertiary/aromatic N) is 2. The molecule has 1 aromatic heterocycles. The van der Waals surface area contributed by atoms with Crippen LogP contribution in [0.3, 0.4) is 0 Å². The van der Waals surface area contributed by atoms with Crippen LogP contribution in [0.2, 0.25) is 0 Å². The molecule has 3 N–H and O–H groups in total. The van der Waals surface area contributed by atoms with Crippen molar-refractivity contribution >= 4 is 5.82 Å². The van der Waals surface area contributed by atoms with E-state index >= 15 is 0 Å². The Balaban J connectivity index is 2.42. The second-order valence-corrected chi connectivity index (χ2v) is 6.82. The molecule has 0 atom stereocenters. The topological polar surface area (TPSA) is 73.1 Å². The predicted octanol–water partition coefficient (Wildman–Crippen LogP) is 3.07. The second kappa shape index (κ2) is 5.89. The number of hydrogen-bond acceptors (Lipinski definition) is 5. The summed E-state index contributed by atoms with van der Waals surface area (Å²) in [4.78, 5) is 9.40. The standard InChI is InChI=1S/C16H28N4O/c1-6-12-11(2)18-14(19-13(12)20-17)16(21-5)9-7-15(3,4)8-10-16/h6-10,17H2,1-5H3,(H,18,19,20). The summed E-state index contributed by atoms with van der Waals surface area (Å²) in [6.07, 6.45) is 4.99. The Hall–Kier alpha value is -1.20. The Labute approximate surface area is 127 Å². The van der Waals surface area contributed by atoms with Crippen LogP contribution in [0.1, 0.15) is 63.5 Å². The number of ether oxygens (including phenoxy) is 1. The average molecular weight is 292 g/mol. The van der Waals surface area contributed by atoms with Crippen molar-refractivity contribution in [1.82, 2.24) is 9.97 Å². The summed E-state index contributed by atoms with van der Waals surface area (Å²) >= 11 is 0. The van der Waals surface area contributed by atoms with Gasteiger partial charge in [-0.2, -0.15) is 0 Å². The van der Waals surface area contributed by atoms with Gasteiger partial charge in [0.2, 0.25) is 0 Å². The van der Waals surface area contributed by atoms with Crippen molar-refractivity contribution < 1.29 is 4.74 Å². The number of rotatable bonds is 4. The second-order valence-electron chi connectivity index (χ2n) is 6.82. The highest BCUT2D eigenvalue weighted by molar-refractivity contribution is 5.46. The van der Waals surface area contributed by atoms with Crippen molar-refractivity contribution in [3.8, 4) is 0 Å². The Morgan fingerprint density at radius 2 is 1.81 bits per heavy atom. The van der Waals surface area contributed by atoms with E-state index in [0.717, 1.165) is 55.0 Å². The molecule has 0 aromatic carbocycles. The smallest absolute Gasteiger partial charge is 0.162 e. The molecule has 5 nitrogen and oxygen atoms in total. The van der Waals surface area contributed by atoms with Gasteiger partial charge in [0, 0.05) is 18.4 Å². The summed E-state index contributed by atoms with van der Waals surface area (Å²) in [7, 11) is 1.76. The fraction of sp³-hybridized carbons (Fsp3) is 0.750. The van der Waals surface area contributed by atoms with E-state index in [2.05, 4.69) is 31.2 Å². The summed E-state index contributed by atoms with van der Waals surface area (Å²) in [6.45, 7) is 8.72. The number of methoxy groups -OCH3 is 1. The molecule has 2 rings (SSSR count). The zero-order chi connectivity index (χ0) is 15.7. The largest absolute Gasteiger partial charge is 0.370 e. The molecule has 1 fully saturated rings. The summed E-state index contributed by atoms with van der Waals surface area (Å²) in [5, 5.41) is 0. The summed E-state index contributed by atoms with van der Waals surface area (Å²) in [5.41, 5.74) is 4.77. The van der Waals surface area contributed by atoms with Gasteiger partial charge in [-0.1, -0.05) is 20.8 Å². The normalized spacial score (nSPS) is 20.3. The number of aromatic nitrogens is 2. The number of aryl methyl sites for hydroxylation is 1. The molecule has 1 saturated carbocycles. The van der Waals surface area contributed by atoms with Gasteiger partial charge in [0.1, 0.15) is 11.4 Å². The van der Waals surface area contributed by atoms with Crippen LogP contribution in [0, 0.1) is 12.3 Å². The van der Waals surface area contributed by atoms with Gasteiger partial charge in [0.25, 0.3) is 0 Å². The number of nitrogens with two attached hydrogens (primary N) is 1. The predicted molar refractivity (Wildman–Crippen MR) is 84.9 cm³/mol. The molecule has 1 heterocycles. The van der Waals surface area contributed by atoms with Crippen LogP contribution in [-0.2, 0) is 16.8 Å². The number of nitrogen functional groups attached to an aromatic ring is 1. The molecule has 0 unspecified atom stereocenters. The first kappa shape index (κ1) is 16.2. The molecule has 1 aromatic rings. The van der Waals surface area contributed by atoms with Gasteiger partial charge in [-0.15, -0.1) is 0 Å². The molecule has 1 aliphatic carbocycles. The van der Waals surface area contributed by atoms with E-state index in [9.17, 15) is 0 Å². The lowest BCUT2D eigenvalue weighted by Crippen LogP contribution is -2.38. The van der Waals surface area contributed by atoms with Crippen LogP contribution in [-0.4, -0.2) is 17.1 Å². The molecule has 0 bridgehead atoms. The molecular weight excluding hydrogens is 264 g/mol. The number of hydrazine groups is 1. The Bertz CT molecular complexity index is 503. The third-order valence-corrected chi connectivity index (χ3v) is 4.91. The van der Waals surface area contributed by atoms with Crippen molar-refractivity contribution in [3.63, 3.8) is 0 Å². The average Bonchev–Trinajstić information content (AvgIpc) is 2.47. The molecule has 0 spiro atoms. The van der Waals surface area contributed by atoms with E-state index in [1.54, 1.807) is 7.11 Å². The zero-order valence-electron chi connectivity index (χ0n) is 13.9. The van der Waals surface area contributed by atoms with E-state index < -0.39 is 0 Å². The van der Waals surface area contributed by atoms with E-state index in [0.29, 0.717) is 5.41 Å². The van der Waals surface area contributed by atoms with Crippen molar-refractivity contribution in [2.24, 2.45) is 11.3 Å². The molecule has 0 aliphatic heterocycles. The Kier molecular flexibility index (Phi) is 4.54. The lowest BCUT2D eigenvalue weighted by Gasteiger charge is -2.41. The maximum atomic E-state index is 5.89. The zero-order valence-corrected chi connectivity index (χ0v) is 13.9. The summed E-state index contributed by atoms with van der Waals surface area (Å²) < 4.78 is 5.89. The fourth-order valence-electron chi connectivity index (χ4n) is 3.19. The Morgan fingerprint density at radius 1 is 1.19 bits per heavy atom. The van der Waals surface area contributed by atoms with Gasteiger partial charge in [-0.05, 0) is 44.4 Å². The maximum Gasteiger partial charge on any atom is 0.162 e. The van der Waals surface area contributed by atoms with Crippen LogP contribution >= 0.6 is 0 Å². The van der Waals surface area contributed by atoms with E-state index in [1.807, 2.05) is 6.92 Å². The summed E-state index contributed by atoms with van der Waals surface area (Å²) in [6, 6.07) is 0. The highest BCUT2D eigenvalue weighted by atomic mass is 16.5. The van der Waals surface area contributed by atoms with Gasteiger partial charge >= 0.3 is 0 Å². The molecule has 0 amide bonds. The van der Waals surface area contributed by atoms with Crippen LogP contribution < -0.4 is 11.3 Å². The first-order valence-corrected chi connectivity index (χ1v) is 7.77. The number of nitrogens with one attached hydrogen (secondary N) is 1. The van der Waals surface area contributed by atoms with Gasteiger partial charge in [0.05, 0.1) is 0 Å². The summed E-state index contributed by atoms with van der Waals surface area (Å²) in [5.74, 6) is 7.13. The highest BCUT2D eigenvalue weighted by Crippen LogP contribution is 2.46. The molecule has 118 valence electrons. The molecule has 0 radical (unpaired) electrons. The van der Waals surface area contributed by atoms with Gasteiger partial charge < -0.3 is 10.2 Å². The van der Waals surface area contributed by atoms with Crippen LogP contribution in [0.4, 0.5) is 5.82 Å². The molecule has 21 heavy (non-hydrogen) atoms. The van der Waals surface area contributed by atoms with Crippen LogP contribution in [0.25, 0.3) is 0 Å². The minimum atomic E-state index is -0.377. The van der Waals surface area contributed by atoms with E-state index in [1.165, 1.54) is 0 Å². The van der Waals surface area contributed by atoms with Crippen molar-refractivity contribution in [2.75, 3.05) is 12.5 Å². The monoisotopic (exact) mass is 292 g/mol. The lowest BCUT2D eigenvalue weighted by molar-refractivity contribution is -0.0729. The van der Waals surface area contributed by atoms with Crippen molar-refractivity contribution in [1.29, 1.82) is 0 Å². The molecule has 5 heteroatoms.